The largest absolute Gasteiger partial charge is 0.484 e. The number of anilines is 1. The van der Waals surface area contributed by atoms with E-state index in [1.165, 1.54) is 0 Å². The lowest BCUT2D eigenvalue weighted by atomic mass is 10.2. The molecule has 2 N–H and O–H groups in total. The number of benzene rings is 2. The number of amides is 2. The normalized spacial score (nSPS) is 10.0. The molecule has 142 valence electrons. The third-order valence-electron chi connectivity index (χ3n) is 3.33. The molecule has 0 aliphatic rings. The Bertz CT molecular complexity index is 808. The zero-order chi connectivity index (χ0) is 19.6. The van der Waals surface area contributed by atoms with Gasteiger partial charge in [0.2, 0.25) is 5.91 Å². The van der Waals surface area contributed by atoms with E-state index in [9.17, 15) is 14.4 Å². The number of esters is 1. The summed E-state index contributed by atoms with van der Waals surface area (Å²) in [7, 11) is 0. The van der Waals surface area contributed by atoms with Crippen molar-refractivity contribution >= 4 is 39.4 Å². The highest BCUT2D eigenvalue weighted by molar-refractivity contribution is 9.10. The Balaban J connectivity index is 1.73. The minimum atomic E-state index is -0.438. The first kappa shape index (κ1) is 20.4. The summed E-state index contributed by atoms with van der Waals surface area (Å²) < 4.78 is 11.0. The summed E-state index contributed by atoms with van der Waals surface area (Å²) in [6, 6.07) is 13.4. The van der Waals surface area contributed by atoms with E-state index in [1.807, 2.05) is 6.07 Å². The van der Waals surface area contributed by atoms with Crippen LogP contribution in [0.3, 0.4) is 0 Å². The lowest BCUT2D eigenvalue weighted by molar-refractivity contribution is -0.125. The summed E-state index contributed by atoms with van der Waals surface area (Å²) in [5.74, 6) is -0.783. The topological polar surface area (TPSA) is 93.7 Å². The van der Waals surface area contributed by atoms with Crippen molar-refractivity contribution in [2.75, 3.05) is 25.1 Å². The number of ether oxygens (including phenoxy) is 2. The van der Waals surface area contributed by atoms with Gasteiger partial charge in [-0.3, -0.25) is 9.59 Å². The van der Waals surface area contributed by atoms with Crippen LogP contribution in [0.5, 0.6) is 5.75 Å². The fraction of sp³-hybridized carbons (Fsp3) is 0.211. The number of rotatable bonds is 8. The van der Waals surface area contributed by atoms with Gasteiger partial charge in [0.05, 0.1) is 24.4 Å². The number of hydrogen-bond acceptors (Lipinski definition) is 5. The van der Waals surface area contributed by atoms with Gasteiger partial charge in [0, 0.05) is 4.47 Å². The van der Waals surface area contributed by atoms with Crippen LogP contribution < -0.4 is 15.4 Å². The molecule has 0 heterocycles. The maximum Gasteiger partial charge on any atom is 0.338 e. The van der Waals surface area contributed by atoms with Crippen molar-refractivity contribution in [2.24, 2.45) is 0 Å². The summed E-state index contributed by atoms with van der Waals surface area (Å²) >= 11 is 3.33. The van der Waals surface area contributed by atoms with E-state index in [0.717, 1.165) is 4.47 Å². The number of halogens is 1. The average molecular weight is 435 g/mol. The van der Waals surface area contributed by atoms with Crippen LogP contribution in [-0.4, -0.2) is 37.5 Å². The maximum atomic E-state index is 11.9. The van der Waals surface area contributed by atoms with Gasteiger partial charge >= 0.3 is 5.97 Å². The molecular formula is C19H19BrN2O5. The zero-order valence-corrected chi connectivity index (χ0v) is 16.2. The molecule has 2 aromatic rings. The van der Waals surface area contributed by atoms with Crippen molar-refractivity contribution in [2.45, 2.75) is 6.92 Å². The first-order valence-electron chi connectivity index (χ1n) is 8.20. The standard InChI is InChI=1S/C19H19BrN2O5/c1-2-26-19(25)13-7-9-14(10-8-13)27-12-18(24)21-11-17(23)22-16-6-4-3-5-15(16)20/h3-10H,2,11-12H2,1H3,(H,21,24)(H,22,23). The zero-order valence-electron chi connectivity index (χ0n) is 14.7. The molecule has 2 aromatic carbocycles. The van der Waals surface area contributed by atoms with Gasteiger partial charge in [0.15, 0.2) is 6.61 Å². The molecule has 27 heavy (non-hydrogen) atoms. The Morgan fingerprint density at radius 3 is 2.37 bits per heavy atom. The number of hydrogen-bond donors (Lipinski definition) is 2. The fourth-order valence-electron chi connectivity index (χ4n) is 2.04. The van der Waals surface area contributed by atoms with Crippen LogP contribution in [0.25, 0.3) is 0 Å². The van der Waals surface area contributed by atoms with Crippen molar-refractivity contribution in [1.29, 1.82) is 0 Å². The molecule has 7 nitrogen and oxygen atoms in total. The van der Waals surface area contributed by atoms with Gasteiger partial charge < -0.3 is 20.1 Å². The molecule has 0 atom stereocenters. The van der Waals surface area contributed by atoms with Gasteiger partial charge in [-0.15, -0.1) is 0 Å². The third kappa shape index (κ3) is 6.74. The van der Waals surface area contributed by atoms with Crippen molar-refractivity contribution in [1.82, 2.24) is 5.32 Å². The summed E-state index contributed by atoms with van der Waals surface area (Å²) in [5.41, 5.74) is 1.02. The highest BCUT2D eigenvalue weighted by Crippen LogP contribution is 2.20. The maximum absolute atomic E-state index is 11.9. The molecule has 0 unspecified atom stereocenters. The molecule has 0 aliphatic carbocycles. The second-order valence-electron chi connectivity index (χ2n) is 5.34. The van der Waals surface area contributed by atoms with Crippen LogP contribution in [0, 0.1) is 0 Å². The third-order valence-corrected chi connectivity index (χ3v) is 4.02. The smallest absolute Gasteiger partial charge is 0.338 e. The van der Waals surface area contributed by atoms with E-state index in [0.29, 0.717) is 23.6 Å². The quantitative estimate of drug-likeness (QED) is 0.622. The molecule has 0 spiro atoms. The molecule has 2 amide bonds. The van der Waals surface area contributed by atoms with E-state index in [1.54, 1.807) is 49.4 Å². The molecule has 0 saturated carbocycles. The molecule has 2 rings (SSSR count). The van der Waals surface area contributed by atoms with Gasteiger partial charge in [-0.05, 0) is 59.3 Å². The predicted octanol–water partition coefficient (Wildman–Crippen LogP) is 2.76. The predicted molar refractivity (Wildman–Crippen MR) is 104 cm³/mol. The lowest BCUT2D eigenvalue weighted by Crippen LogP contribution is -2.35. The van der Waals surface area contributed by atoms with E-state index >= 15 is 0 Å². The minimum absolute atomic E-state index is 0.175. The fourth-order valence-corrected chi connectivity index (χ4v) is 2.42. The monoisotopic (exact) mass is 434 g/mol. The van der Waals surface area contributed by atoms with Gasteiger partial charge in [0.1, 0.15) is 5.75 Å². The molecule has 8 heteroatoms. The van der Waals surface area contributed by atoms with E-state index in [4.69, 9.17) is 9.47 Å². The van der Waals surface area contributed by atoms with Crippen LogP contribution in [-0.2, 0) is 14.3 Å². The Morgan fingerprint density at radius 1 is 1.00 bits per heavy atom. The first-order chi connectivity index (χ1) is 13.0. The first-order valence-corrected chi connectivity index (χ1v) is 9.00. The number of carbonyl (C=O) groups excluding carboxylic acids is 3. The Morgan fingerprint density at radius 2 is 1.70 bits per heavy atom. The minimum Gasteiger partial charge on any atom is -0.484 e. The van der Waals surface area contributed by atoms with Crippen molar-refractivity contribution in [3.05, 3.63) is 58.6 Å². The van der Waals surface area contributed by atoms with Gasteiger partial charge in [-0.2, -0.15) is 0 Å². The van der Waals surface area contributed by atoms with Gasteiger partial charge in [-0.1, -0.05) is 12.1 Å². The molecule has 0 fully saturated rings. The number of carbonyl (C=O) groups is 3. The van der Waals surface area contributed by atoms with Crippen molar-refractivity contribution in [3.8, 4) is 5.75 Å². The van der Waals surface area contributed by atoms with E-state index in [-0.39, 0.29) is 19.1 Å². The second kappa shape index (κ2) is 10.3. The van der Waals surface area contributed by atoms with Crippen molar-refractivity contribution in [3.63, 3.8) is 0 Å². The van der Waals surface area contributed by atoms with Crippen LogP contribution in [0.1, 0.15) is 17.3 Å². The van der Waals surface area contributed by atoms with Gasteiger partial charge in [0.25, 0.3) is 5.91 Å². The number of nitrogens with one attached hydrogen (secondary N) is 2. The number of para-hydroxylation sites is 1. The molecule has 0 bridgehead atoms. The second-order valence-corrected chi connectivity index (χ2v) is 6.19. The molecule has 0 radical (unpaired) electrons. The van der Waals surface area contributed by atoms with Crippen LogP contribution in [0.4, 0.5) is 5.69 Å². The molecule has 0 saturated heterocycles. The van der Waals surface area contributed by atoms with Crippen LogP contribution in [0.15, 0.2) is 53.0 Å². The van der Waals surface area contributed by atoms with Crippen LogP contribution >= 0.6 is 15.9 Å². The summed E-state index contributed by atoms with van der Waals surface area (Å²) in [6.07, 6.45) is 0. The Labute approximate surface area is 165 Å². The summed E-state index contributed by atoms with van der Waals surface area (Å²) in [6.45, 7) is 1.60. The SMILES string of the molecule is CCOC(=O)c1ccc(OCC(=O)NCC(=O)Nc2ccccc2Br)cc1. The average Bonchev–Trinajstić information content (AvgIpc) is 2.67. The Hall–Kier alpha value is -2.87. The van der Waals surface area contributed by atoms with E-state index in [2.05, 4.69) is 26.6 Å². The van der Waals surface area contributed by atoms with Gasteiger partial charge in [-0.25, -0.2) is 4.79 Å². The van der Waals surface area contributed by atoms with Crippen molar-refractivity contribution < 1.29 is 23.9 Å². The highest BCUT2D eigenvalue weighted by atomic mass is 79.9. The molecular weight excluding hydrogens is 416 g/mol. The molecule has 0 aliphatic heterocycles. The lowest BCUT2D eigenvalue weighted by Gasteiger charge is -2.09. The molecule has 0 aromatic heterocycles. The van der Waals surface area contributed by atoms with Crippen LogP contribution in [0.2, 0.25) is 0 Å². The summed E-state index contributed by atoms with van der Waals surface area (Å²) in [5, 5.41) is 5.15. The summed E-state index contributed by atoms with van der Waals surface area (Å²) in [4.78, 5) is 35.2. The highest BCUT2D eigenvalue weighted by Gasteiger charge is 2.09. The Kier molecular flexibility index (Phi) is 7.81. The van der Waals surface area contributed by atoms with E-state index < -0.39 is 11.9 Å².